The van der Waals surface area contributed by atoms with Crippen molar-refractivity contribution in [3.63, 3.8) is 0 Å². The number of hydrogen-bond acceptors (Lipinski definition) is 4. The zero-order valence-corrected chi connectivity index (χ0v) is 14.6. The molecule has 0 bridgehead atoms. The van der Waals surface area contributed by atoms with E-state index in [1.165, 1.54) is 4.90 Å². The Hall–Kier alpha value is -3.41. The summed E-state index contributed by atoms with van der Waals surface area (Å²) in [5.41, 5.74) is 2.91. The van der Waals surface area contributed by atoms with Crippen LogP contribution >= 0.6 is 0 Å². The predicted octanol–water partition coefficient (Wildman–Crippen LogP) is 2.75. The number of anilines is 1. The van der Waals surface area contributed by atoms with Crippen LogP contribution in [0.1, 0.15) is 24.0 Å². The second-order valence-corrected chi connectivity index (χ2v) is 6.52. The lowest BCUT2D eigenvalue weighted by Crippen LogP contribution is -2.28. The van der Waals surface area contributed by atoms with Crippen molar-refractivity contribution in [2.75, 3.05) is 11.9 Å². The third kappa shape index (κ3) is 3.60. The van der Waals surface area contributed by atoms with Crippen molar-refractivity contribution in [1.29, 1.82) is 0 Å². The molecule has 3 amide bonds. The number of imide groups is 1. The molecule has 2 aromatic carbocycles. The monoisotopic (exact) mass is 362 g/mol. The Balaban J connectivity index is 1.41. The van der Waals surface area contributed by atoms with Crippen molar-refractivity contribution in [1.82, 2.24) is 4.90 Å². The maximum absolute atomic E-state index is 12.5. The van der Waals surface area contributed by atoms with Crippen LogP contribution < -0.4 is 10.1 Å². The fraction of sp³-hybridized carbons (Fsp3) is 0.190. The van der Waals surface area contributed by atoms with E-state index in [9.17, 15) is 14.4 Å². The predicted molar refractivity (Wildman–Crippen MR) is 99.8 cm³/mol. The van der Waals surface area contributed by atoms with Crippen LogP contribution in [0.4, 0.5) is 5.69 Å². The quantitative estimate of drug-likeness (QED) is 0.849. The molecular weight excluding hydrogens is 344 g/mol. The van der Waals surface area contributed by atoms with E-state index in [-0.39, 0.29) is 43.7 Å². The van der Waals surface area contributed by atoms with Gasteiger partial charge in [-0.2, -0.15) is 0 Å². The number of ether oxygens (including phenoxy) is 1. The Morgan fingerprint density at radius 1 is 1.00 bits per heavy atom. The van der Waals surface area contributed by atoms with Gasteiger partial charge in [0.25, 0.3) is 5.91 Å². The molecule has 1 fully saturated rings. The van der Waals surface area contributed by atoms with Gasteiger partial charge in [-0.1, -0.05) is 30.3 Å². The normalized spacial score (nSPS) is 15.9. The lowest BCUT2D eigenvalue weighted by atomic mass is 10.1. The van der Waals surface area contributed by atoms with Crippen LogP contribution in [-0.2, 0) is 20.9 Å². The van der Waals surface area contributed by atoms with E-state index in [0.717, 1.165) is 16.9 Å². The Kier molecular flexibility index (Phi) is 4.46. The van der Waals surface area contributed by atoms with Gasteiger partial charge in [0.05, 0.1) is 12.1 Å². The Labute approximate surface area is 156 Å². The molecule has 6 nitrogen and oxygen atoms in total. The SMILES string of the molecule is O=C(Nc1ccc(CN2C(=O)CCC2=O)cc1)C1=Cc2ccccc2OC1. The summed E-state index contributed by atoms with van der Waals surface area (Å²) >= 11 is 0. The molecule has 0 atom stereocenters. The molecule has 2 aromatic rings. The van der Waals surface area contributed by atoms with Crippen LogP contribution in [0, 0.1) is 0 Å². The van der Waals surface area contributed by atoms with E-state index in [2.05, 4.69) is 5.32 Å². The van der Waals surface area contributed by atoms with E-state index >= 15 is 0 Å². The van der Waals surface area contributed by atoms with E-state index < -0.39 is 0 Å². The Morgan fingerprint density at radius 3 is 2.44 bits per heavy atom. The molecule has 2 aliphatic heterocycles. The molecule has 0 unspecified atom stereocenters. The minimum atomic E-state index is -0.220. The maximum atomic E-state index is 12.5. The average Bonchev–Trinajstić information content (AvgIpc) is 3.01. The van der Waals surface area contributed by atoms with E-state index in [1.807, 2.05) is 30.3 Å². The molecule has 27 heavy (non-hydrogen) atoms. The number of carbonyl (C=O) groups excluding carboxylic acids is 3. The van der Waals surface area contributed by atoms with Gasteiger partial charge in [-0.15, -0.1) is 0 Å². The molecule has 2 aliphatic rings. The summed E-state index contributed by atoms with van der Waals surface area (Å²) in [4.78, 5) is 37.1. The summed E-state index contributed by atoms with van der Waals surface area (Å²) in [6, 6.07) is 14.7. The summed E-state index contributed by atoms with van der Waals surface area (Å²) < 4.78 is 5.61. The summed E-state index contributed by atoms with van der Waals surface area (Å²) in [5.74, 6) is 0.273. The van der Waals surface area contributed by atoms with Crippen molar-refractivity contribution in [3.05, 3.63) is 65.2 Å². The highest BCUT2D eigenvalue weighted by Crippen LogP contribution is 2.26. The molecule has 1 saturated heterocycles. The van der Waals surface area contributed by atoms with Gasteiger partial charge >= 0.3 is 0 Å². The number of hydrogen-bond donors (Lipinski definition) is 1. The first kappa shape index (κ1) is 17.0. The van der Waals surface area contributed by atoms with Crippen molar-refractivity contribution >= 4 is 29.5 Å². The molecule has 6 heteroatoms. The van der Waals surface area contributed by atoms with E-state index in [4.69, 9.17) is 4.74 Å². The van der Waals surface area contributed by atoms with Gasteiger partial charge in [-0.25, -0.2) is 0 Å². The number of benzene rings is 2. The molecule has 1 N–H and O–H groups in total. The number of para-hydroxylation sites is 1. The van der Waals surface area contributed by atoms with Crippen LogP contribution in [0.3, 0.4) is 0 Å². The zero-order chi connectivity index (χ0) is 18.8. The van der Waals surface area contributed by atoms with Crippen LogP contribution in [0.2, 0.25) is 0 Å². The summed E-state index contributed by atoms with van der Waals surface area (Å²) in [7, 11) is 0. The minimum absolute atomic E-state index is 0.137. The van der Waals surface area contributed by atoms with Crippen molar-refractivity contribution < 1.29 is 19.1 Å². The number of amides is 3. The highest BCUT2D eigenvalue weighted by Gasteiger charge is 2.28. The lowest BCUT2D eigenvalue weighted by molar-refractivity contribution is -0.139. The van der Waals surface area contributed by atoms with Crippen molar-refractivity contribution in [2.24, 2.45) is 0 Å². The standard InChI is InChI=1S/C21H18N2O4/c24-19-9-10-20(25)23(19)12-14-5-7-17(8-6-14)22-21(26)16-11-15-3-1-2-4-18(15)27-13-16/h1-8,11H,9-10,12-13H2,(H,22,26). The summed E-state index contributed by atoms with van der Waals surface area (Å²) in [6.45, 7) is 0.488. The third-order valence-electron chi connectivity index (χ3n) is 4.63. The second-order valence-electron chi connectivity index (χ2n) is 6.52. The number of carbonyl (C=O) groups is 3. The first-order valence-electron chi connectivity index (χ1n) is 8.76. The van der Waals surface area contributed by atoms with Crippen LogP contribution in [0.5, 0.6) is 5.75 Å². The minimum Gasteiger partial charge on any atom is -0.488 e. The van der Waals surface area contributed by atoms with Crippen LogP contribution in [-0.4, -0.2) is 29.2 Å². The molecule has 0 spiro atoms. The van der Waals surface area contributed by atoms with Gasteiger partial charge in [0, 0.05) is 24.1 Å². The first-order valence-corrected chi connectivity index (χ1v) is 8.76. The number of nitrogens with zero attached hydrogens (tertiary/aromatic N) is 1. The summed E-state index contributed by atoms with van der Waals surface area (Å²) in [6.07, 6.45) is 2.40. The lowest BCUT2D eigenvalue weighted by Gasteiger charge is -2.17. The molecule has 0 saturated carbocycles. The Bertz CT molecular complexity index is 931. The van der Waals surface area contributed by atoms with Gasteiger partial charge in [0.15, 0.2) is 0 Å². The molecule has 0 aromatic heterocycles. The van der Waals surface area contributed by atoms with Gasteiger partial charge in [-0.05, 0) is 29.8 Å². The highest BCUT2D eigenvalue weighted by molar-refractivity contribution is 6.07. The molecule has 0 radical (unpaired) electrons. The molecular formula is C21H18N2O4. The van der Waals surface area contributed by atoms with Crippen molar-refractivity contribution in [3.8, 4) is 5.75 Å². The van der Waals surface area contributed by atoms with Crippen molar-refractivity contribution in [2.45, 2.75) is 19.4 Å². The van der Waals surface area contributed by atoms with Crippen LogP contribution in [0.15, 0.2) is 54.1 Å². The fourth-order valence-corrected chi connectivity index (χ4v) is 3.13. The van der Waals surface area contributed by atoms with Gasteiger partial charge in [-0.3, -0.25) is 19.3 Å². The smallest absolute Gasteiger partial charge is 0.255 e. The number of nitrogens with one attached hydrogen (secondary N) is 1. The number of rotatable bonds is 4. The third-order valence-corrected chi connectivity index (χ3v) is 4.63. The van der Waals surface area contributed by atoms with Gasteiger partial charge in [0.2, 0.25) is 11.8 Å². The largest absolute Gasteiger partial charge is 0.488 e. The molecule has 136 valence electrons. The topological polar surface area (TPSA) is 75.7 Å². The molecule has 0 aliphatic carbocycles. The van der Waals surface area contributed by atoms with E-state index in [0.29, 0.717) is 11.3 Å². The molecule has 2 heterocycles. The van der Waals surface area contributed by atoms with E-state index in [1.54, 1.807) is 24.3 Å². The van der Waals surface area contributed by atoms with Gasteiger partial charge < -0.3 is 10.1 Å². The second kappa shape index (κ2) is 7.07. The maximum Gasteiger partial charge on any atom is 0.255 e. The zero-order valence-electron chi connectivity index (χ0n) is 14.6. The fourth-order valence-electron chi connectivity index (χ4n) is 3.13. The molecule has 4 rings (SSSR count). The first-order chi connectivity index (χ1) is 13.1. The summed E-state index contributed by atoms with van der Waals surface area (Å²) in [5, 5.41) is 2.85. The number of fused-ring (bicyclic) bond motifs is 1. The van der Waals surface area contributed by atoms with Gasteiger partial charge in [0.1, 0.15) is 12.4 Å². The average molecular weight is 362 g/mol. The highest BCUT2D eigenvalue weighted by atomic mass is 16.5. The Morgan fingerprint density at radius 2 is 1.70 bits per heavy atom. The van der Waals surface area contributed by atoms with Crippen LogP contribution in [0.25, 0.3) is 6.08 Å². The number of likely N-dealkylation sites (tertiary alicyclic amines) is 1.